The largest absolute Gasteiger partial charge is 0.481 e. The smallest absolute Gasteiger partial charge is 0.313 e. The molecule has 0 radical (unpaired) electrons. The highest BCUT2D eigenvalue weighted by atomic mass is 16.5. The van der Waals surface area contributed by atoms with E-state index in [2.05, 4.69) is 70.6 Å². The molecule has 1 heterocycles. The van der Waals surface area contributed by atoms with Gasteiger partial charge in [0.05, 0.1) is 12.7 Å². The number of β-amino-alcohol motifs (C(OH)–C–C–N with tert-alkyl or cyclic N) is 1. The van der Waals surface area contributed by atoms with Gasteiger partial charge in [0.2, 0.25) is 5.88 Å². The molecule has 5 N–H and O–H groups in total. The lowest BCUT2D eigenvalue weighted by molar-refractivity contribution is -0.221. The van der Waals surface area contributed by atoms with Gasteiger partial charge in [0.25, 0.3) is 5.91 Å². The zero-order valence-corrected chi connectivity index (χ0v) is 35.2. The van der Waals surface area contributed by atoms with E-state index >= 15 is 0 Å². The predicted octanol–water partition coefficient (Wildman–Crippen LogP) is 8.28. The number of aliphatic carboxylic acids is 1. The molecule has 1 aromatic heterocycles. The number of fused-ring (bicyclic) bond motifs is 7. The topological polar surface area (TPSA) is 144 Å². The third-order valence-electron chi connectivity index (χ3n) is 17.6. The molecule has 4 saturated carbocycles. The molecule has 0 aromatic carbocycles. The van der Waals surface area contributed by atoms with Crippen LogP contribution >= 0.6 is 0 Å². The maximum Gasteiger partial charge on any atom is 0.313 e. The fraction of sp³-hybridized carbons (Fsp3) is 0.723. The molecule has 1 amide bonds. The molecule has 0 bridgehead atoms. The quantitative estimate of drug-likeness (QED) is 0.156. The maximum atomic E-state index is 12.8. The molecule has 1 aromatic rings. The van der Waals surface area contributed by atoms with Crippen LogP contribution in [0, 0.1) is 56.7 Å². The van der Waals surface area contributed by atoms with E-state index in [0.29, 0.717) is 62.0 Å². The number of carboxylic acid groups (broad SMARTS) is 1. The van der Waals surface area contributed by atoms with Crippen molar-refractivity contribution in [3.8, 4) is 5.88 Å². The second-order valence-corrected chi connectivity index (χ2v) is 20.4. The molecule has 7 rings (SSSR count). The van der Waals surface area contributed by atoms with E-state index in [1.807, 2.05) is 0 Å². The van der Waals surface area contributed by atoms with Crippen molar-refractivity contribution in [2.24, 2.45) is 62.4 Å². The van der Waals surface area contributed by atoms with Gasteiger partial charge in [-0.25, -0.2) is 4.98 Å². The number of nitrogens with one attached hydrogen (secondary N) is 1. The summed E-state index contributed by atoms with van der Waals surface area (Å²) < 4.78 is 11.2. The molecule has 6 aliphatic carbocycles. The summed E-state index contributed by atoms with van der Waals surface area (Å²) in [5.74, 6) is 1.34. The van der Waals surface area contributed by atoms with Crippen LogP contribution in [-0.2, 0) is 9.53 Å². The fourth-order valence-corrected chi connectivity index (χ4v) is 14.6. The van der Waals surface area contributed by atoms with Gasteiger partial charge in [0.15, 0.2) is 0 Å². The Balaban J connectivity index is 1.13. The van der Waals surface area contributed by atoms with E-state index in [4.69, 9.17) is 15.2 Å². The van der Waals surface area contributed by atoms with Crippen LogP contribution in [-0.4, -0.2) is 65.6 Å². The van der Waals surface area contributed by atoms with Crippen LogP contribution in [0.25, 0.3) is 0 Å². The van der Waals surface area contributed by atoms with Crippen LogP contribution in [0.3, 0.4) is 0 Å². The number of rotatable bonds is 12. The van der Waals surface area contributed by atoms with Gasteiger partial charge in [-0.3, -0.25) is 9.59 Å². The van der Waals surface area contributed by atoms with E-state index in [9.17, 15) is 19.8 Å². The van der Waals surface area contributed by atoms with Crippen molar-refractivity contribution in [3.05, 3.63) is 59.3 Å². The van der Waals surface area contributed by atoms with Gasteiger partial charge in [0.1, 0.15) is 17.6 Å². The van der Waals surface area contributed by atoms with Gasteiger partial charge in [-0.15, -0.1) is 0 Å². The number of ether oxygens (including phenoxy) is 2. The van der Waals surface area contributed by atoms with Crippen molar-refractivity contribution in [2.75, 3.05) is 26.9 Å². The highest BCUT2D eigenvalue weighted by Crippen LogP contribution is 2.76. The lowest BCUT2D eigenvalue weighted by Crippen LogP contribution is -2.68. The minimum absolute atomic E-state index is 0.0419. The second-order valence-electron chi connectivity index (χ2n) is 20.4. The van der Waals surface area contributed by atoms with Crippen molar-refractivity contribution in [1.29, 1.82) is 0 Å². The molecule has 4 fully saturated rings. The second kappa shape index (κ2) is 14.7. The van der Waals surface area contributed by atoms with Crippen molar-refractivity contribution in [2.45, 2.75) is 130 Å². The van der Waals surface area contributed by atoms with E-state index in [0.717, 1.165) is 19.3 Å². The number of pyridine rings is 1. The van der Waals surface area contributed by atoms with Gasteiger partial charge >= 0.3 is 5.97 Å². The summed E-state index contributed by atoms with van der Waals surface area (Å²) in [4.78, 5) is 28.9. The zero-order chi connectivity index (χ0) is 40.5. The van der Waals surface area contributed by atoms with Crippen molar-refractivity contribution < 1.29 is 29.3 Å². The molecule has 0 saturated heterocycles. The van der Waals surface area contributed by atoms with Crippen LogP contribution in [0.15, 0.2) is 53.8 Å². The number of allylic oxidation sites excluding steroid dienone is 5. The van der Waals surface area contributed by atoms with E-state index in [1.165, 1.54) is 61.4 Å². The van der Waals surface area contributed by atoms with Crippen molar-refractivity contribution in [1.82, 2.24) is 10.3 Å². The molecular weight excluding hydrogens is 703 g/mol. The van der Waals surface area contributed by atoms with Crippen LogP contribution in [0.5, 0.6) is 5.88 Å². The highest BCUT2D eigenvalue weighted by molar-refractivity contribution is 5.95. The summed E-state index contributed by atoms with van der Waals surface area (Å²) in [6, 6.07) is 3.16. The number of carboxylic acids is 1. The first-order valence-electron chi connectivity index (χ1n) is 21.5. The summed E-state index contributed by atoms with van der Waals surface area (Å²) in [5, 5.41) is 25.2. The number of hydrogen-bond acceptors (Lipinski definition) is 7. The first-order valence-corrected chi connectivity index (χ1v) is 21.5. The number of nitrogens with two attached hydrogens (primary N) is 1. The Morgan fingerprint density at radius 3 is 2.43 bits per heavy atom. The number of aliphatic hydroxyl groups excluding tert-OH is 1. The Morgan fingerprint density at radius 2 is 1.77 bits per heavy atom. The Morgan fingerprint density at radius 1 is 1.00 bits per heavy atom. The Labute approximate surface area is 335 Å². The monoisotopic (exact) mass is 772 g/mol. The summed E-state index contributed by atoms with van der Waals surface area (Å²) in [7, 11) is 1.66. The van der Waals surface area contributed by atoms with Crippen LogP contribution in [0.4, 0.5) is 0 Å². The Kier molecular flexibility index (Phi) is 10.8. The lowest BCUT2D eigenvalue weighted by Gasteiger charge is -2.72. The van der Waals surface area contributed by atoms with Crippen molar-refractivity contribution >= 4 is 11.9 Å². The fourth-order valence-electron chi connectivity index (χ4n) is 14.6. The SMILES string of the molecule is C=C(C)[C@@H]1CC[C@]2(NC[C@H](O)COC)CC[C@]3(C)[C@H](CC[C@@H]4[C@@]5(C)CC=C(C6=CC[C@](COc7ncccc7C(N)=O)(C(=O)O)CC6)C(C)(C)[C@@H]5CC[C@]43C)[C@@H]12. The minimum Gasteiger partial charge on any atom is -0.481 e. The van der Waals surface area contributed by atoms with Crippen LogP contribution in [0.1, 0.15) is 129 Å². The molecular formula is C47H69N3O6. The Bertz CT molecular complexity index is 1790. The lowest BCUT2D eigenvalue weighted by atomic mass is 9.33. The predicted molar refractivity (Wildman–Crippen MR) is 219 cm³/mol. The first kappa shape index (κ1) is 41.2. The third kappa shape index (κ3) is 6.32. The van der Waals surface area contributed by atoms with Gasteiger partial charge in [-0.1, -0.05) is 58.9 Å². The summed E-state index contributed by atoms with van der Waals surface area (Å²) in [6.07, 6.45) is 17.9. The molecule has 9 nitrogen and oxygen atoms in total. The number of aromatic nitrogens is 1. The maximum absolute atomic E-state index is 12.8. The normalized spacial score (nSPS) is 40.5. The number of carbonyl (C=O) groups excluding carboxylic acids is 1. The summed E-state index contributed by atoms with van der Waals surface area (Å²) >= 11 is 0. The Hall–Kier alpha value is -3.01. The molecule has 0 spiro atoms. The van der Waals surface area contributed by atoms with Gasteiger partial charge in [-0.05, 0) is 159 Å². The van der Waals surface area contributed by atoms with Gasteiger partial charge < -0.3 is 30.7 Å². The molecule has 0 aliphatic heterocycles. The number of nitrogens with zero attached hydrogens (tertiary/aromatic N) is 1. The average molecular weight is 772 g/mol. The molecule has 11 atom stereocenters. The number of methoxy groups -OCH3 is 1. The molecule has 6 aliphatic rings. The van der Waals surface area contributed by atoms with Gasteiger partial charge in [-0.2, -0.15) is 0 Å². The minimum atomic E-state index is -1.11. The molecule has 56 heavy (non-hydrogen) atoms. The number of hydrogen-bond donors (Lipinski definition) is 4. The first-order chi connectivity index (χ1) is 26.4. The average Bonchev–Trinajstić information content (AvgIpc) is 3.54. The van der Waals surface area contributed by atoms with E-state index in [-0.39, 0.29) is 45.2 Å². The molecule has 0 unspecified atom stereocenters. The number of aliphatic hydroxyl groups is 1. The molecule has 308 valence electrons. The number of carbonyl (C=O) groups is 2. The van der Waals surface area contributed by atoms with Crippen LogP contribution < -0.4 is 15.8 Å². The summed E-state index contributed by atoms with van der Waals surface area (Å²) in [5.41, 5.74) is 9.20. The zero-order valence-electron chi connectivity index (χ0n) is 35.2. The third-order valence-corrected chi connectivity index (χ3v) is 17.6. The van der Waals surface area contributed by atoms with E-state index in [1.54, 1.807) is 19.2 Å². The van der Waals surface area contributed by atoms with Crippen molar-refractivity contribution in [3.63, 3.8) is 0 Å². The van der Waals surface area contributed by atoms with Gasteiger partial charge in [0, 0.05) is 25.4 Å². The van der Waals surface area contributed by atoms with Crippen LogP contribution in [0.2, 0.25) is 0 Å². The highest BCUT2D eigenvalue weighted by Gasteiger charge is 2.70. The molecule has 9 heteroatoms. The standard InChI is InChI=1S/C47H69N3O6/c1-29(2)32-15-22-47(50-26-31(51)27-55-8)24-23-44(6)35(38(32)47)11-12-37-43(5)18-16-34(42(3,4)36(43)17-19-45(37,44)7)30-13-20-46(21-14-30,41(53)54)28-56-40-33(39(48)52)10-9-25-49-40/h9-10,13,16,25,31-32,35-38,50-51H,1,11-12,14-15,17-24,26-28H2,2-8H3,(H2,48,52)(H,53,54)/t31-,32-,35+,36-,37+,38+,43-,44+,45+,46-,47-/m0/s1. The number of amides is 1. The number of primary amides is 1. The summed E-state index contributed by atoms with van der Waals surface area (Å²) in [6.45, 7) is 20.6. The van der Waals surface area contributed by atoms with E-state index < -0.39 is 23.4 Å².